The minimum Gasteiger partial charge on any atom is -0.323 e. The Morgan fingerprint density at radius 3 is 2.42 bits per heavy atom. The topological polar surface area (TPSA) is 29.1 Å². The van der Waals surface area contributed by atoms with Crippen LogP contribution in [0.3, 0.4) is 0 Å². The number of halogens is 2. The molecule has 0 fully saturated rings. The van der Waals surface area contributed by atoms with E-state index in [0.29, 0.717) is 0 Å². The van der Waals surface area contributed by atoms with Crippen molar-refractivity contribution in [2.24, 2.45) is 0 Å². The summed E-state index contributed by atoms with van der Waals surface area (Å²) < 4.78 is 1.97. The first-order chi connectivity index (χ1) is 9.13. The fraction of sp³-hybridized carbons (Fsp3) is 0. The molecule has 0 heterocycles. The Bertz CT molecular complexity index is 606. The Kier molecular flexibility index (Phi) is 4.93. The summed E-state index contributed by atoms with van der Waals surface area (Å²) in [5, 5.41) is 2.80. The largest absolute Gasteiger partial charge is 0.323 e. The van der Waals surface area contributed by atoms with E-state index in [0.717, 1.165) is 20.2 Å². The second-order valence-corrected chi connectivity index (χ2v) is 5.72. The lowest BCUT2D eigenvalue weighted by atomic mass is 10.2. The predicted molar refractivity (Wildman–Crippen MR) is 85.9 cm³/mol. The average molecular weight is 381 g/mol. The van der Waals surface area contributed by atoms with Crippen LogP contribution in [0, 0.1) is 0 Å². The molecule has 0 atom stereocenters. The van der Waals surface area contributed by atoms with Gasteiger partial charge in [-0.15, -0.1) is 0 Å². The summed E-state index contributed by atoms with van der Waals surface area (Å²) >= 11 is 6.74. The molecule has 0 radical (unpaired) electrons. The van der Waals surface area contributed by atoms with Crippen LogP contribution in [-0.4, -0.2) is 5.91 Å². The van der Waals surface area contributed by atoms with Gasteiger partial charge in [0.15, 0.2) is 0 Å². The van der Waals surface area contributed by atoms with E-state index in [2.05, 4.69) is 37.2 Å². The number of anilines is 1. The maximum atomic E-state index is 11.7. The van der Waals surface area contributed by atoms with Crippen LogP contribution in [-0.2, 0) is 4.79 Å². The maximum Gasteiger partial charge on any atom is 0.248 e. The van der Waals surface area contributed by atoms with Crippen molar-refractivity contribution < 1.29 is 4.79 Å². The predicted octanol–water partition coefficient (Wildman–Crippen LogP) is 4.86. The van der Waals surface area contributed by atoms with Crippen LogP contribution in [0.2, 0.25) is 0 Å². The molecule has 0 aliphatic carbocycles. The Morgan fingerprint density at radius 1 is 1.00 bits per heavy atom. The van der Waals surface area contributed by atoms with Crippen LogP contribution < -0.4 is 5.32 Å². The van der Waals surface area contributed by atoms with Crippen LogP contribution in [0.15, 0.2) is 63.6 Å². The maximum absolute atomic E-state index is 11.7. The second-order valence-electron chi connectivity index (χ2n) is 3.88. The molecule has 0 unspecified atom stereocenters. The van der Waals surface area contributed by atoms with Gasteiger partial charge in [-0.3, -0.25) is 4.79 Å². The van der Waals surface area contributed by atoms with Crippen molar-refractivity contribution in [3.63, 3.8) is 0 Å². The normalized spacial score (nSPS) is 10.6. The number of hydrogen-bond donors (Lipinski definition) is 1. The lowest BCUT2D eigenvalue weighted by molar-refractivity contribution is -0.111. The number of hydrogen-bond acceptors (Lipinski definition) is 1. The number of rotatable bonds is 3. The molecule has 96 valence electrons. The highest BCUT2D eigenvalue weighted by Gasteiger charge is 1.97. The van der Waals surface area contributed by atoms with Gasteiger partial charge >= 0.3 is 0 Å². The fourth-order valence-corrected chi connectivity index (χ4v) is 2.18. The van der Waals surface area contributed by atoms with Gasteiger partial charge in [-0.2, -0.15) is 0 Å². The number of carbonyl (C=O) groups excluding carboxylic acids is 1. The summed E-state index contributed by atoms with van der Waals surface area (Å²) in [6.07, 6.45) is 3.29. The first kappa shape index (κ1) is 14.0. The molecule has 0 saturated heterocycles. The minimum absolute atomic E-state index is 0.151. The van der Waals surface area contributed by atoms with Crippen molar-refractivity contribution >= 4 is 49.5 Å². The third-order valence-corrected chi connectivity index (χ3v) is 3.41. The zero-order valence-electron chi connectivity index (χ0n) is 9.94. The standard InChI is InChI=1S/C15H11Br2NO/c16-12-5-7-14(8-6-12)18-15(19)9-4-11-2-1-3-13(17)10-11/h1-10H,(H,18,19)/b9-4+. The Hall–Kier alpha value is -1.39. The van der Waals surface area contributed by atoms with Crippen LogP contribution >= 0.6 is 31.9 Å². The van der Waals surface area contributed by atoms with Gasteiger partial charge < -0.3 is 5.32 Å². The molecule has 19 heavy (non-hydrogen) atoms. The average Bonchev–Trinajstić information content (AvgIpc) is 2.39. The van der Waals surface area contributed by atoms with E-state index in [1.54, 1.807) is 6.08 Å². The third-order valence-electron chi connectivity index (χ3n) is 2.39. The summed E-state index contributed by atoms with van der Waals surface area (Å²) in [4.78, 5) is 11.7. The fourth-order valence-electron chi connectivity index (χ4n) is 1.50. The van der Waals surface area contributed by atoms with Gasteiger partial charge in [0.05, 0.1) is 0 Å². The molecule has 0 aliphatic heterocycles. The number of amides is 1. The van der Waals surface area contributed by atoms with Crippen LogP contribution in [0.4, 0.5) is 5.69 Å². The van der Waals surface area contributed by atoms with Gasteiger partial charge in [-0.05, 0) is 48.0 Å². The van der Waals surface area contributed by atoms with Gasteiger partial charge in [-0.1, -0.05) is 44.0 Å². The molecule has 0 aliphatic rings. The van der Waals surface area contributed by atoms with Gasteiger partial charge in [0.25, 0.3) is 0 Å². The van der Waals surface area contributed by atoms with E-state index in [1.165, 1.54) is 6.08 Å². The van der Waals surface area contributed by atoms with E-state index in [9.17, 15) is 4.79 Å². The highest BCUT2D eigenvalue weighted by atomic mass is 79.9. The zero-order valence-corrected chi connectivity index (χ0v) is 13.1. The molecule has 2 nitrogen and oxygen atoms in total. The van der Waals surface area contributed by atoms with E-state index < -0.39 is 0 Å². The Labute approximate surface area is 128 Å². The third kappa shape index (κ3) is 4.65. The Balaban J connectivity index is 1.99. The van der Waals surface area contributed by atoms with E-state index >= 15 is 0 Å². The summed E-state index contributed by atoms with van der Waals surface area (Å²) in [7, 11) is 0. The van der Waals surface area contributed by atoms with Crippen molar-refractivity contribution in [3.05, 3.63) is 69.1 Å². The van der Waals surface area contributed by atoms with Crippen LogP contribution in [0.1, 0.15) is 5.56 Å². The molecule has 0 saturated carbocycles. The molecule has 1 N–H and O–H groups in total. The summed E-state index contributed by atoms with van der Waals surface area (Å²) in [6.45, 7) is 0. The Morgan fingerprint density at radius 2 is 1.74 bits per heavy atom. The van der Waals surface area contributed by atoms with E-state index in [-0.39, 0.29) is 5.91 Å². The zero-order chi connectivity index (χ0) is 13.7. The van der Waals surface area contributed by atoms with Gasteiger partial charge in [0.1, 0.15) is 0 Å². The van der Waals surface area contributed by atoms with E-state index in [4.69, 9.17) is 0 Å². The highest BCUT2D eigenvalue weighted by Crippen LogP contribution is 2.15. The van der Waals surface area contributed by atoms with Crippen molar-refractivity contribution in [1.29, 1.82) is 0 Å². The number of nitrogens with one attached hydrogen (secondary N) is 1. The highest BCUT2D eigenvalue weighted by molar-refractivity contribution is 9.10. The van der Waals surface area contributed by atoms with Crippen molar-refractivity contribution in [3.8, 4) is 0 Å². The summed E-state index contributed by atoms with van der Waals surface area (Å²) in [5.74, 6) is -0.151. The minimum atomic E-state index is -0.151. The summed E-state index contributed by atoms with van der Waals surface area (Å²) in [5.41, 5.74) is 1.74. The molecule has 2 aromatic carbocycles. The molecule has 2 aromatic rings. The SMILES string of the molecule is O=C(/C=C/c1cccc(Br)c1)Nc1ccc(Br)cc1. The van der Waals surface area contributed by atoms with Gasteiger partial charge in [0, 0.05) is 20.7 Å². The molecule has 2 rings (SSSR count). The first-order valence-corrected chi connectivity index (χ1v) is 7.22. The van der Waals surface area contributed by atoms with Gasteiger partial charge in [0.2, 0.25) is 5.91 Å². The van der Waals surface area contributed by atoms with Crippen LogP contribution in [0.25, 0.3) is 6.08 Å². The lowest BCUT2D eigenvalue weighted by Gasteiger charge is -2.01. The summed E-state index contributed by atoms with van der Waals surface area (Å²) in [6, 6.07) is 15.2. The van der Waals surface area contributed by atoms with Gasteiger partial charge in [-0.25, -0.2) is 0 Å². The number of benzene rings is 2. The molecular formula is C15H11Br2NO. The van der Waals surface area contributed by atoms with Crippen LogP contribution in [0.5, 0.6) is 0 Å². The smallest absolute Gasteiger partial charge is 0.248 e. The molecule has 0 bridgehead atoms. The molecule has 1 amide bonds. The monoisotopic (exact) mass is 379 g/mol. The van der Waals surface area contributed by atoms with Crippen molar-refractivity contribution in [2.45, 2.75) is 0 Å². The van der Waals surface area contributed by atoms with Crippen molar-refractivity contribution in [2.75, 3.05) is 5.32 Å². The van der Waals surface area contributed by atoms with E-state index in [1.807, 2.05) is 48.5 Å². The quantitative estimate of drug-likeness (QED) is 0.756. The second kappa shape index (κ2) is 6.68. The number of carbonyl (C=O) groups is 1. The molecule has 0 aromatic heterocycles. The molecular weight excluding hydrogens is 370 g/mol. The molecule has 4 heteroatoms. The van der Waals surface area contributed by atoms with Crippen molar-refractivity contribution in [1.82, 2.24) is 0 Å². The first-order valence-electron chi connectivity index (χ1n) is 5.64. The lowest BCUT2D eigenvalue weighted by Crippen LogP contribution is -2.07. The molecule has 0 spiro atoms.